The molecular formula is C6H12ClNO3. The summed E-state index contributed by atoms with van der Waals surface area (Å²) < 4.78 is 0. The van der Waals surface area contributed by atoms with Crippen LogP contribution in [0.4, 0.5) is 0 Å². The number of hydrogen-bond acceptors (Lipinski definition) is 3. The Hall–Kier alpha value is -0.320. The van der Waals surface area contributed by atoms with E-state index >= 15 is 0 Å². The van der Waals surface area contributed by atoms with E-state index in [0.29, 0.717) is 12.8 Å². The largest absolute Gasteiger partial charge is 0.481 e. The molecule has 0 heterocycles. The highest BCUT2D eigenvalue weighted by atomic mass is 35.5. The van der Waals surface area contributed by atoms with E-state index in [1.807, 2.05) is 0 Å². The lowest BCUT2D eigenvalue weighted by Crippen LogP contribution is -2.28. The van der Waals surface area contributed by atoms with E-state index in [9.17, 15) is 4.79 Å². The molecule has 66 valence electrons. The first-order valence-corrected chi connectivity index (χ1v) is 3.27. The van der Waals surface area contributed by atoms with Crippen LogP contribution in [-0.2, 0) is 4.79 Å². The van der Waals surface area contributed by atoms with Gasteiger partial charge < -0.3 is 15.9 Å². The number of carboxylic acids is 1. The molecule has 1 rings (SSSR count). The highest BCUT2D eigenvalue weighted by Crippen LogP contribution is 2.24. The third kappa shape index (κ3) is 2.32. The molecule has 1 aliphatic rings. The lowest BCUT2D eigenvalue weighted by atomic mass is 10.1. The van der Waals surface area contributed by atoms with Crippen LogP contribution in [0.5, 0.6) is 0 Å². The van der Waals surface area contributed by atoms with Crippen LogP contribution in [0.2, 0.25) is 0 Å². The Bertz CT molecular complexity index is 143. The van der Waals surface area contributed by atoms with E-state index in [-0.39, 0.29) is 18.4 Å². The third-order valence-electron chi connectivity index (χ3n) is 1.93. The number of carbonyl (C=O) groups is 1. The van der Waals surface area contributed by atoms with Crippen molar-refractivity contribution in [1.29, 1.82) is 0 Å². The second kappa shape index (κ2) is 3.90. The first kappa shape index (κ1) is 10.7. The van der Waals surface area contributed by atoms with Crippen molar-refractivity contribution in [2.75, 3.05) is 0 Å². The van der Waals surface area contributed by atoms with Crippen LogP contribution in [0.1, 0.15) is 12.8 Å². The lowest BCUT2D eigenvalue weighted by molar-refractivity contribution is -0.141. The molecule has 0 bridgehead atoms. The molecule has 1 fully saturated rings. The molecule has 0 spiro atoms. The van der Waals surface area contributed by atoms with Gasteiger partial charge >= 0.3 is 5.97 Å². The molecule has 11 heavy (non-hydrogen) atoms. The van der Waals surface area contributed by atoms with Crippen LogP contribution in [0.25, 0.3) is 0 Å². The number of aliphatic hydroxyl groups is 1. The Balaban J connectivity index is 0.000001000. The molecule has 0 amide bonds. The summed E-state index contributed by atoms with van der Waals surface area (Å²) in [6.07, 6.45) is 0.0774. The SMILES string of the molecule is Cl.N[C@H]1C[C@@H](C(=O)O)C[C@H]1O. The molecular weight excluding hydrogens is 170 g/mol. The van der Waals surface area contributed by atoms with E-state index in [0.717, 1.165) is 0 Å². The summed E-state index contributed by atoms with van der Waals surface area (Å²) in [5, 5.41) is 17.5. The van der Waals surface area contributed by atoms with Crippen molar-refractivity contribution in [2.45, 2.75) is 25.0 Å². The van der Waals surface area contributed by atoms with E-state index < -0.39 is 18.0 Å². The molecule has 1 saturated carbocycles. The summed E-state index contributed by atoms with van der Waals surface area (Å²) in [5.74, 6) is -1.29. The smallest absolute Gasteiger partial charge is 0.306 e. The monoisotopic (exact) mass is 181 g/mol. The number of rotatable bonds is 1. The van der Waals surface area contributed by atoms with Crippen molar-refractivity contribution in [3.63, 3.8) is 0 Å². The number of hydrogen-bond donors (Lipinski definition) is 3. The molecule has 3 atom stereocenters. The highest BCUT2D eigenvalue weighted by molar-refractivity contribution is 5.85. The summed E-state index contributed by atoms with van der Waals surface area (Å²) in [6, 6.07) is -0.346. The van der Waals surface area contributed by atoms with Gasteiger partial charge in [-0.25, -0.2) is 0 Å². The van der Waals surface area contributed by atoms with Gasteiger partial charge in [-0.1, -0.05) is 0 Å². The maximum absolute atomic E-state index is 10.3. The number of aliphatic carboxylic acids is 1. The Morgan fingerprint density at radius 1 is 1.45 bits per heavy atom. The zero-order chi connectivity index (χ0) is 7.72. The van der Waals surface area contributed by atoms with Crippen molar-refractivity contribution in [3.8, 4) is 0 Å². The van der Waals surface area contributed by atoms with Gasteiger partial charge in [0, 0.05) is 6.04 Å². The second-order valence-corrected chi connectivity index (χ2v) is 2.74. The maximum atomic E-state index is 10.3. The fourth-order valence-corrected chi connectivity index (χ4v) is 1.25. The van der Waals surface area contributed by atoms with Gasteiger partial charge in [-0.3, -0.25) is 4.79 Å². The minimum Gasteiger partial charge on any atom is -0.481 e. The van der Waals surface area contributed by atoms with Crippen LogP contribution in [0.15, 0.2) is 0 Å². The van der Waals surface area contributed by atoms with Gasteiger partial charge in [0.25, 0.3) is 0 Å². The summed E-state index contributed by atoms with van der Waals surface area (Å²) in [5.41, 5.74) is 5.39. The van der Waals surface area contributed by atoms with Crippen molar-refractivity contribution in [1.82, 2.24) is 0 Å². The number of carboxylic acid groups (broad SMARTS) is 1. The fraction of sp³-hybridized carbons (Fsp3) is 0.833. The van der Waals surface area contributed by atoms with Gasteiger partial charge in [0.1, 0.15) is 0 Å². The van der Waals surface area contributed by atoms with Gasteiger partial charge in [0.05, 0.1) is 12.0 Å². The topological polar surface area (TPSA) is 83.6 Å². The molecule has 1 aliphatic carbocycles. The molecule has 4 N–H and O–H groups in total. The summed E-state index contributed by atoms with van der Waals surface area (Å²) >= 11 is 0. The van der Waals surface area contributed by atoms with Gasteiger partial charge in [0.15, 0.2) is 0 Å². The number of aliphatic hydroxyl groups excluding tert-OH is 1. The fourth-order valence-electron chi connectivity index (χ4n) is 1.25. The molecule has 0 unspecified atom stereocenters. The van der Waals surface area contributed by atoms with Crippen LogP contribution < -0.4 is 5.73 Å². The predicted molar refractivity (Wildman–Crippen MR) is 41.6 cm³/mol. The van der Waals surface area contributed by atoms with Crippen LogP contribution in [-0.4, -0.2) is 28.3 Å². The Kier molecular flexibility index (Phi) is 3.78. The van der Waals surface area contributed by atoms with Gasteiger partial charge in [-0.05, 0) is 12.8 Å². The average Bonchev–Trinajstić information content (AvgIpc) is 2.13. The molecule has 0 radical (unpaired) electrons. The molecule has 4 nitrogen and oxygen atoms in total. The van der Waals surface area contributed by atoms with Gasteiger partial charge in [-0.2, -0.15) is 0 Å². The average molecular weight is 182 g/mol. The first-order valence-electron chi connectivity index (χ1n) is 3.27. The van der Waals surface area contributed by atoms with E-state index in [1.165, 1.54) is 0 Å². The van der Waals surface area contributed by atoms with Crippen LogP contribution in [0.3, 0.4) is 0 Å². The zero-order valence-electron chi connectivity index (χ0n) is 5.93. The molecule has 0 saturated heterocycles. The quantitative estimate of drug-likeness (QED) is 0.514. The van der Waals surface area contributed by atoms with Crippen LogP contribution >= 0.6 is 12.4 Å². The van der Waals surface area contributed by atoms with Crippen molar-refractivity contribution < 1.29 is 15.0 Å². The van der Waals surface area contributed by atoms with Gasteiger partial charge in [-0.15, -0.1) is 12.4 Å². The molecule has 0 aliphatic heterocycles. The lowest BCUT2D eigenvalue weighted by Gasteiger charge is -2.04. The van der Waals surface area contributed by atoms with Crippen molar-refractivity contribution in [2.24, 2.45) is 11.7 Å². The molecule has 0 aromatic rings. The summed E-state index contributed by atoms with van der Waals surface area (Å²) in [4.78, 5) is 10.3. The molecule has 0 aromatic carbocycles. The normalized spacial score (nSPS) is 36.4. The molecule has 5 heteroatoms. The number of nitrogens with two attached hydrogens (primary N) is 1. The Morgan fingerprint density at radius 2 is 2.00 bits per heavy atom. The maximum Gasteiger partial charge on any atom is 0.306 e. The van der Waals surface area contributed by atoms with E-state index in [4.69, 9.17) is 15.9 Å². The summed E-state index contributed by atoms with van der Waals surface area (Å²) in [7, 11) is 0. The van der Waals surface area contributed by atoms with Crippen molar-refractivity contribution in [3.05, 3.63) is 0 Å². The standard InChI is InChI=1S/C6H11NO3.ClH/c7-4-1-3(6(9)10)2-5(4)8;/h3-5,8H,1-2,7H2,(H,9,10);1H/t3-,4+,5-;/m1./s1. The molecule has 0 aromatic heterocycles. The predicted octanol–water partition coefficient (Wildman–Crippen LogP) is -0.409. The summed E-state index contributed by atoms with van der Waals surface area (Å²) in [6.45, 7) is 0. The van der Waals surface area contributed by atoms with E-state index in [1.54, 1.807) is 0 Å². The van der Waals surface area contributed by atoms with Gasteiger partial charge in [0.2, 0.25) is 0 Å². The highest BCUT2D eigenvalue weighted by Gasteiger charge is 2.34. The minimum atomic E-state index is -0.855. The second-order valence-electron chi connectivity index (χ2n) is 2.74. The minimum absolute atomic E-state index is 0. The number of halogens is 1. The Labute approximate surface area is 70.8 Å². The zero-order valence-corrected chi connectivity index (χ0v) is 6.75. The first-order chi connectivity index (χ1) is 4.61. The third-order valence-corrected chi connectivity index (χ3v) is 1.93. The van der Waals surface area contributed by atoms with Crippen molar-refractivity contribution >= 4 is 18.4 Å². The van der Waals surface area contributed by atoms with E-state index in [2.05, 4.69) is 0 Å². The Morgan fingerprint density at radius 3 is 2.18 bits per heavy atom. The van der Waals surface area contributed by atoms with Crippen LogP contribution in [0, 0.1) is 5.92 Å².